The van der Waals surface area contributed by atoms with E-state index in [1.54, 1.807) is 6.92 Å². The number of rotatable bonds is 10. The van der Waals surface area contributed by atoms with Gasteiger partial charge < -0.3 is 19.6 Å². The minimum absolute atomic E-state index is 0.181. The summed E-state index contributed by atoms with van der Waals surface area (Å²) in [6, 6.07) is 22.2. The molecule has 4 aromatic rings. The van der Waals surface area contributed by atoms with Crippen molar-refractivity contribution in [2.75, 3.05) is 6.61 Å². The number of hydrogen-bond acceptors (Lipinski definition) is 5. The Morgan fingerprint density at radius 3 is 2.60 bits per heavy atom. The predicted octanol–water partition coefficient (Wildman–Crippen LogP) is 6.44. The quantitative estimate of drug-likeness (QED) is 0.269. The lowest BCUT2D eigenvalue weighted by molar-refractivity contribution is -0.142. The number of fused-ring (bicyclic) bond motifs is 1. The molecule has 5 heteroatoms. The van der Waals surface area contributed by atoms with Crippen LogP contribution in [0.15, 0.2) is 71.1 Å². The molecule has 4 rings (SSSR count). The van der Waals surface area contributed by atoms with Crippen molar-refractivity contribution in [2.24, 2.45) is 11.7 Å². The Kier molecular flexibility index (Phi) is 7.88. The monoisotopic (exact) mass is 471 g/mol. The fourth-order valence-electron chi connectivity index (χ4n) is 4.25. The van der Waals surface area contributed by atoms with E-state index in [-0.39, 0.29) is 12.4 Å². The Morgan fingerprint density at radius 2 is 1.83 bits per heavy atom. The van der Waals surface area contributed by atoms with Gasteiger partial charge >= 0.3 is 5.97 Å². The number of carbonyl (C=O) groups excluding carboxylic acids is 1. The number of esters is 1. The molecule has 0 unspecified atom stereocenters. The van der Waals surface area contributed by atoms with Crippen LogP contribution in [0.2, 0.25) is 0 Å². The van der Waals surface area contributed by atoms with Gasteiger partial charge in [-0.2, -0.15) is 0 Å². The van der Waals surface area contributed by atoms with Gasteiger partial charge in [0, 0.05) is 29.5 Å². The Morgan fingerprint density at radius 1 is 1.00 bits per heavy atom. The van der Waals surface area contributed by atoms with Gasteiger partial charge in [-0.25, -0.2) is 0 Å². The maximum absolute atomic E-state index is 12.0. The second-order valence-electron chi connectivity index (χ2n) is 9.16. The Hall–Kier alpha value is -3.57. The van der Waals surface area contributed by atoms with Gasteiger partial charge in [-0.1, -0.05) is 50.2 Å². The van der Waals surface area contributed by atoms with Crippen LogP contribution in [0.25, 0.3) is 22.1 Å². The Bertz CT molecular complexity index is 1300. The van der Waals surface area contributed by atoms with E-state index in [4.69, 9.17) is 19.6 Å². The Labute approximate surface area is 206 Å². The third kappa shape index (κ3) is 6.11. The normalized spacial score (nSPS) is 11.2. The van der Waals surface area contributed by atoms with E-state index in [9.17, 15) is 4.79 Å². The summed E-state index contributed by atoms with van der Waals surface area (Å²) in [6.07, 6.45) is 1.06. The van der Waals surface area contributed by atoms with Crippen molar-refractivity contribution in [1.82, 2.24) is 0 Å². The van der Waals surface area contributed by atoms with E-state index in [0.29, 0.717) is 31.4 Å². The van der Waals surface area contributed by atoms with E-state index in [1.165, 1.54) is 0 Å². The first kappa shape index (κ1) is 24.6. The van der Waals surface area contributed by atoms with Gasteiger partial charge in [-0.05, 0) is 59.9 Å². The maximum atomic E-state index is 12.0. The fourth-order valence-corrected chi connectivity index (χ4v) is 4.25. The molecule has 5 nitrogen and oxygen atoms in total. The van der Waals surface area contributed by atoms with Crippen LogP contribution in [-0.2, 0) is 35.5 Å². The molecule has 2 N–H and O–H groups in total. The van der Waals surface area contributed by atoms with Crippen LogP contribution in [0.5, 0.6) is 5.75 Å². The number of hydrogen-bond donors (Lipinski definition) is 1. The van der Waals surface area contributed by atoms with E-state index < -0.39 is 0 Å². The fraction of sp³-hybridized carbons (Fsp3) is 0.300. The molecule has 0 saturated heterocycles. The van der Waals surface area contributed by atoms with Crippen LogP contribution < -0.4 is 10.5 Å². The van der Waals surface area contributed by atoms with Crippen LogP contribution in [0, 0.1) is 5.92 Å². The van der Waals surface area contributed by atoms with Gasteiger partial charge in [0.2, 0.25) is 0 Å². The minimum atomic E-state index is -0.261. The average molecular weight is 472 g/mol. The van der Waals surface area contributed by atoms with Crippen molar-refractivity contribution in [3.8, 4) is 16.9 Å². The summed E-state index contributed by atoms with van der Waals surface area (Å²) in [5.41, 5.74) is 11.8. The molecule has 182 valence electrons. The molecular weight excluding hydrogens is 438 g/mol. The standard InChI is InChI=1S/C30H33NO4/c1-4-33-29(32)17-24-9-5-6-11-28(24)34-19-22-14-25-16-26(12-20(2)3)35-30(25)27(15-22)23-10-7-8-21(13-23)18-31/h5-11,13-16,20H,4,12,17-19,31H2,1-3H3. The van der Waals surface area contributed by atoms with Crippen LogP contribution in [0.1, 0.15) is 43.2 Å². The first-order valence-corrected chi connectivity index (χ1v) is 12.2. The number of ether oxygens (including phenoxy) is 2. The molecule has 0 fully saturated rings. The van der Waals surface area contributed by atoms with E-state index in [0.717, 1.165) is 51.0 Å². The summed E-state index contributed by atoms with van der Waals surface area (Å²) in [4.78, 5) is 12.0. The molecule has 0 aliphatic carbocycles. The molecular formula is C30H33NO4. The van der Waals surface area contributed by atoms with Crippen LogP contribution in [0.3, 0.4) is 0 Å². The summed E-state index contributed by atoms with van der Waals surface area (Å²) in [5, 5.41) is 1.05. The third-order valence-electron chi connectivity index (χ3n) is 5.82. The number of furan rings is 1. The molecule has 35 heavy (non-hydrogen) atoms. The topological polar surface area (TPSA) is 74.7 Å². The molecule has 0 bridgehead atoms. The zero-order chi connectivity index (χ0) is 24.8. The highest BCUT2D eigenvalue weighted by molar-refractivity contribution is 5.93. The number of para-hydroxylation sites is 1. The van der Waals surface area contributed by atoms with Gasteiger partial charge in [0.25, 0.3) is 0 Å². The minimum Gasteiger partial charge on any atom is -0.489 e. The molecule has 1 heterocycles. The van der Waals surface area contributed by atoms with Gasteiger partial charge in [0.15, 0.2) is 0 Å². The van der Waals surface area contributed by atoms with Crippen molar-refractivity contribution in [2.45, 2.75) is 46.8 Å². The summed E-state index contributed by atoms with van der Waals surface area (Å²) < 4.78 is 17.6. The zero-order valence-electron chi connectivity index (χ0n) is 20.7. The van der Waals surface area contributed by atoms with Crippen molar-refractivity contribution in [1.29, 1.82) is 0 Å². The highest BCUT2D eigenvalue weighted by atomic mass is 16.5. The van der Waals surface area contributed by atoms with Crippen LogP contribution >= 0.6 is 0 Å². The number of carbonyl (C=O) groups is 1. The lowest BCUT2D eigenvalue weighted by atomic mass is 9.98. The second-order valence-corrected chi connectivity index (χ2v) is 9.16. The highest BCUT2D eigenvalue weighted by Gasteiger charge is 2.15. The second kappa shape index (κ2) is 11.2. The van der Waals surface area contributed by atoms with Crippen LogP contribution in [-0.4, -0.2) is 12.6 Å². The van der Waals surface area contributed by atoms with Gasteiger partial charge in [0.1, 0.15) is 23.7 Å². The number of benzene rings is 3. The lowest BCUT2D eigenvalue weighted by Crippen LogP contribution is -2.09. The predicted molar refractivity (Wildman–Crippen MR) is 139 cm³/mol. The van der Waals surface area contributed by atoms with E-state index in [2.05, 4.69) is 44.2 Å². The molecule has 1 aromatic heterocycles. The van der Waals surface area contributed by atoms with Crippen molar-refractivity contribution in [3.05, 3.63) is 89.2 Å². The molecule has 0 atom stereocenters. The van der Waals surface area contributed by atoms with Crippen molar-refractivity contribution in [3.63, 3.8) is 0 Å². The summed E-state index contributed by atoms with van der Waals surface area (Å²) in [5.74, 6) is 1.89. The Balaban J connectivity index is 1.68. The van der Waals surface area contributed by atoms with Crippen molar-refractivity contribution >= 4 is 16.9 Å². The lowest BCUT2D eigenvalue weighted by Gasteiger charge is -2.13. The van der Waals surface area contributed by atoms with Gasteiger partial charge in [-0.3, -0.25) is 4.79 Å². The van der Waals surface area contributed by atoms with E-state index >= 15 is 0 Å². The third-order valence-corrected chi connectivity index (χ3v) is 5.82. The molecule has 0 radical (unpaired) electrons. The summed E-state index contributed by atoms with van der Waals surface area (Å²) in [6.45, 7) is 7.38. The largest absolute Gasteiger partial charge is 0.489 e. The molecule has 0 saturated carbocycles. The summed E-state index contributed by atoms with van der Waals surface area (Å²) >= 11 is 0. The van der Waals surface area contributed by atoms with Gasteiger partial charge in [-0.15, -0.1) is 0 Å². The number of nitrogens with two attached hydrogens (primary N) is 1. The summed E-state index contributed by atoms with van der Waals surface area (Å²) in [7, 11) is 0. The molecule has 0 spiro atoms. The SMILES string of the molecule is CCOC(=O)Cc1ccccc1OCc1cc(-c2cccc(CN)c2)c2oc(CC(C)C)cc2c1. The first-order chi connectivity index (χ1) is 17.0. The zero-order valence-corrected chi connectivity index (χ0v) is 20.7. The van der Waals surface area contributed by atoms with Crippen LogP contribution in [0.4, 0.5) is 0 Å². The van der Waals surface area contributed by atoms with Crippen molar-refractivity contribution < 1.29 is 18.7 Å². The first-order valence-electron chi connectivity index (χ1n) is 12.2. The molecule has 0 aliphatic rings. The molecule has 0 amide bonds. The van der Waals surface area contributed by atoms with Gasteiger partial charge in [0.05, 0.1) is 13.0 Å². The molecule has 0 aliphatic heterocycles. The average Bonchev–Trinajstić information content (AvgIpc) is 3.24. The highest BCUT2D eigenvalue weighted by Crippen LogP contribution is 2.34. The smallest absolute Gasteiger partial charge is 0.310 e. The maximum Gasteiger partial charge on any atom is 0.310 e. The molecule has 3 aromatic carbocycles. The van der Waals surface area contributed by atoms with E-state index in [1.807, 2.05) is 36.4 Å².